The van der Waals surface area contributed by atoms with Gasteiger partial charge in [0.15, 0.2) is 0 Å². The number of esters is 1. The van der Waals surface area contributed by atoms with E-state index in [0.29, 0.717) is 30.8 Å². The number of cyclic esters (lactones) is 1. The topological polar surface area (TPSA) is 61.8 Å². The predicted molar refractivity (Wildman–Crippen MR) is 84.3 cm³/mol. The van der Waals surface area contributed by atoms with Gasteiger partial charge >= 0.3 is 5.97 Å². The third-order valence-corrected chi connectivity index (χ3v) is 5.14. The summed E-state index contributed by atoms with van der Waals surface area (Å²) in [5.41, 5.74) is 3.49. The number of aliphatic hydroxyl groups is 1. The molecular weight excluding hydrogens is 304 g/mol. The van der Waals surface area contributed by atoms with Gasteiger partial charge in [0.2, 0.25) is 0 Å². The zero-order valence-corrected chi connectivity index (χ0v) is 13.4. The lowest BCUT2D eigenvalue weighted by atomic mass is 9.95. The number of carbonyl (C=O) groups is 1. The van der Waals surface area contributed by atoms with Crippen molar-refractivity contribution in [3.8, 4) is 0 Å². The second kappa shape index (κ2) is 5.81. The molecule has 5 nitrogen and oxygen atoms in total. The van der Waals surface area contributed by atoms with Crippen molar-refractivity contribution in [2.75, 3.05) is 19.6 Å². The van der Waals surface area contributed by atoms with Crippen molar-refractivity contribution in [1.29, 1.82) is 0 Å². The van der Waals surface area contributed by atoms with Gasteiger partial charge in [0, 0.05) is 37.3 Å². The Labute approximate surface area is 136 Å². The maximum atomic E-state index is 11.6. The van der Waals surface area contributed by atoms with E-state index in [1.54, 1.807) is 6.07 Å². The van der Waals surface area contributed by atoms with Crippen LogP contribution in [0.1, 0.15) is 39.6 Å². The minimum atomic E-state index is -0.509. The average Bonchev–Trinajstić information content (AvgIpc) is 3.15. The molecule has 1 aromatic rings. The van der Waals surface area contributed by atoms with Crippen molar-refractivity contribution in [2.24, 2.45) is 0 Å². The number of ether oxygens (including phenoxy) is 1. The van der Waals surface area contributed by atoms with Crippen LogP contribution in [0.15, 0.2) is 12.1 Å². The number of rotatable bonds is 3. The number of hydrogen-bond donors (Lipinski definition) is 2. The fourth-order valence-electron chi connectivity index (χ4n) is 3.92. The van der Waals surface area contributed by atoms with Crippen LogP contribution in [-0.2, 0) is 11.3 Å². The first-order valence-corrected chi connectivity index (χ1v) is 7.58. The van der Waals surface area contributed by atoms with Crippen molar-refractivity contribution in [3.63, 3.8) is 0 Å². The molecule has 3 aliphatic heterocycles. The number of fused-ring (bicyclic) bond motifs is 3. The molecule has 2 bridgehead atoms. The highest BCUT2D eigenvalue weighted by atomic mass is 35.5. The summed E-state index contributed by atoms with van der Waals surface area (Å²) in [7, 11) is 0. The second-order valence-electron chi connectivity index (χ2n) is 6.35. The fourth-order valence-corrected chi connectivity index (χ4v) is 3.92. The monoisotopic (exact) mass is 324 g/mol. The Bertz CT molecular complexity index is 607. The minimum Gasteiger partial charge on any atom is -0.457 e. The SMILES string of the molecule is Cc1c([C@@H](O)CN2C[C@@H]3C[C@H]2CN3)ccc2c1COC2=O.Cl. The number of nitrogens with zero attached hydrogens (tertiary/aromatic N) is 1. The summed E-state index contributed by atoms with van der Waals surface area (Å²) < 4.78 is 5.07. The highest BCUT2D eigenvalue weighted by Crippen LogP contribution is 2.31. The van der Waals surface area contributed by atoms with Crippen LogP contribution in [0.5, 0.6) is 0 Å². The highest BCUT2D eigenvalue weighted by molar-refractivity contribution is 5.93. The van der Waals surface area contributed by atoms with Gasteiger partial charge in [-0.15, -0.1) is 12.4 Å². The van der Waals surface area contributed by atoms with Crippen molar-refractivity contribution in [1.82, 2.24) is 10.2 Å². The molecule has 0 aliphatic carbocycles. The summed E-state index contributed by atoms with van der Waals surface area (Å²) >= 11 is 0. The van der Waals surface area contributed by atoms with E-state index in [2.05, 4.69) is 10.2 Å². The summed E-state index contributed by atoms with van der Waals surface area (Å²) in [5, 5.41) is 14.1. The molecule has 2 fully saturated rings. The Morgan fingerprint density at radius 1 is 1.50 bits per heavy atom. The summed E-state index contributed by atoms with van der Waals surface area (Å²) in [6.45, 7) is 5.02. The van der Waals surface area contributed by atoms with E-state index in [0.717, 1.165) is 29.8 Å². The lowest BCUT2D eigenvalue weighted by Gasteiger charge is -2.29. The van der Waals surface area contributed by atoms with Crippen molar-refractivity contribution >= 4 is 18.4 Å². The van der Waals surface area contributed by atoms with Crippen molar-refractivity contribution in [2.45, 2.75) is 38.1 Å². The molecule has 2 saturated heterocycles. The standard InChI is InChI=1S/C16H20N2O3.ClH/c1-9-12(2-3-13-14(9)8-21-16(13)20)15(19)7-18-6-10-4-11(18)5-17-10;/h2-3,10-11,15,17,19H,4-8H2,1H3;1H/t10-,11-,15-;/m0./s1. The van der Waals surface area contributed by atoms with Gasteiger partial charge < -0.3 is 15.2 Å². The Balaban J connectivity index is 0.00000144. The van der Waals surface area contributed by atoms with E-state index >= 15 is 0 Å². The second-order valence-corrected chi connectivity index (χ2v) is 6.35. The Morgan fingerprint density at radius 2 is 2.32 bits per heavy atom. The molecule has 4 rings (SSSR count). The molecule has 0 amide bonds. The van der Waals surface area contributed by atoms with Crippen LogP contribution in [0.2, 0.25) is 0 Å². The van der Waals surface area contributed by atoms with Gasteiger partial charge in [0.1, 0.15) is 6.61 Å². The number of β-amino-alcohol motifs (C(OH)–C–C–N with tert-alkyl or cyclic N) is 1. The highest BCUT2D eigenvalue weighted by Gasteiger charge is 2.38. The first kappa shape index (κ1) is 15.7. The normalized spacial score (nSPS) is 27.5. The van der Waals surface area contributed by atoms with Crippen LogP contribution in [0.4, 0.5) is 0 Å². The number of piperazine rings is 1. The average molecular weight is 325 g/mol. The largest absolute Gasteiger partial charge is 0.457 e. The maximum absolute atomic E-state index is 11.6. The van der Waals surface area contributed by atoms with Crippen molar-refractivity contribution < 1.29 is 14.6 Å². The molecule has 0 unspecified atom stereocenters. The summed E-state index contributed by atoms with van der Waals surface area (Å²) in [6, 6.07) is 4.81. The predicted octanol–water partition coefficient (Wildman–Crippen LogP) is 1.17. The molecule has 120 valence electrons. The van der Waals surface area contributed by atoms with Gasteiger partial charge in [0.05, 0.1) is 11.7 Å². The number of benzene rings is 1. The quantitative estimate of drug-likeness (QED) is 0.817. The fraction of sp³-hybridized carbons (Fsp3) is 0.562. The zero-order valence-electron chi connectivity index (χ0n) is 12.5. The molecule has 0 radical (unpaired) electrons. The van der Waals surface area contributed by atoms with E-state index < -0.39 is 6.10 Å². The Hall–Kier alpha value is -1.14. The molecule has 3 atom stereocenters. The lowest BCUT2D eigenvalue weighted by Crippen LogP contribution is -2.45. The number of aliphatic hydroxyl groups excluding tert-OH is 1. The summed E-state index contributed by atoms with van der Waals surface area (Å²) in [4.78, 5) is 13.9. The smallest absolute Gasteiger partial charge is 0.338 e. The number of carbonyl (C=O) groups excluding carboxylic acids is 1. The van der Waals surface area contributed by atoms with Gasteiger partial charge in [0.25, 0.3) is 0 Å². The first-order valence-electron chi connectivity index (χ1n) is 7.58. The van der Waals surface area contributed by atoms with E-state index in [9.17, 15) is 9.90 Å². The molecule has 3 aliphatic rings. The Kier molecular flexibility index (Phi) is 4.16. The van der Waals surface area contributed by atoms with Crippen LogP contribution in [-0.4, -0.2) is 47.7 Å². The molecule has 1 aromatic carbocycles. The maximum Gasteiger partial charge on any atom is 0.338 e. The third kappa shape index (κ3) is 2.42. The van der Waals surface area contributed by atoms with Crippen LogP contribution >= 0.6 is 12.4 Å². The number of likely N-dealkylation sites (tertiary alicyclic amines) is 1. The van der Waals surface area contributed by atoms with E-state index in [4.69, 9.17) is 4.74 Å². The first-order chi connectivity index (χ1) is 10.1. The molecule has 0 saturated carbocycles. The van der Waals surface area contributed by atoms with Crippen LogP contribution in [0.25, 0.3) is 0 Å². The minimum absolute atomic E-state index is 0. The molecular formula is C16H21ClN2O3. The molecule has 6 heteroatoms. The summed E-state index contributed by atoms with van der Waals surface area (Å²) in [6.07, 6.45) is 0.684. The van der Waals surface area contributed by atoms with Gasteiger partial charge in [-0.3, -0.25) is 4.90 Å². The molecule has 3 heterocycles. The Morgan fingerprint density at radius 3 is 3.00 bits per heavy atom. The third-order valence-electron chi connectivity index (χ3n) is 5.14. The lowest BCUT2D eigenvalue weighted by molar-refractivity contribution is 0.0535. The molecule has 0 aromatic heterocycles. The number of hydrogen-bond acceptors (Lipinski definition) is 5. The number of nitrogens with one attached hydrogen (secondary N) is 1. The summed E-state index contributed by atoms with van der Waals surface area (Å²) in [5.74, 6) is -0.253. The molecule has 2 N–H and O–H groups in total. The van der Waals surface area contributed by atoms with Crippen LogP contribution in [0, 0.1) is 6.92 Å². The van der Waals surface area contributed by atoms with Crippen LogP contribution < -0.4 is 5.32 Å². The van der Waals surface area contributed by atoms with Gasteiger partial charge in [-0.25, -0.2) is 4.79 Å². The van der Waals surface area contributed by atoms with Crippen molar-refractivity contribution in [3.05, 3.63) is 34.4 Å². The molecule has 22 heavy (non-hydrogen) atoms. The van der Waals surface area contributed by atoms with E-state index in [-0.39, 0.29) is 18.4 Å². The van der Waals surface area contributed by atoms with E-state index in [1.807, 2.05) is 13.0 Å². The van der Waals surface area contributed by atoms with Crippen LogP contribution in [0.3, 0.4) is 0 Å². The van der Waals surface area contributed by atoms with E-state index in [1.165, 1.54) is 6.42 Å². The number of halogens is 1. The van der Waals surface area contributed by atoms with Gasteiger partial charge in [-0.2, -0.15) is 0 Å². The van der Waals surface area contributed by atoms with Gasteiger partial charge in [-0.05, 0) is 30.5 Å². The zero-order chi connectivity index (χ0) is 14.6. The van der Waals surface area contributed by atoms with Gasteiger partial charge in [-0.1, -0.05) is 6.07 Å². The molecule has 0 spiro atoms.